The van der Waals surface area contributed by atoms with Gasteiger partial charge in [-0.2, -0.15) is 0 Å². The van der Waals surface area contributed by atoms with E-state index in [0.29, 0.717) is 33.6 Å². The van der Waals surface area contributed by atoms with Crippen molar-refractivity contribution in [3.63, 3.8) is 0 Å². The second-order valence-electron chi connectivity index (χ2n) is 6.60. The molecule has 1 aliphatic rings. The van der Waals surface area contributed by atoms with Crippen molar-refractivity contribution in [2.45, 2.75) is 18.8 Å². The second kappa shape index (κ2) is 8.23. The van der Waals surface area contributed by atoms with E-state index in [2.05, 4.69) is 15.6 Å². The average molecular weight is 428 g/mol. The molecule has 0 saturated carbocycles. The van der Waals surface area contributed by atoms with E-state index in [9.17, 15) is 9.59 Å². The molecule has 0 spiro atoms. The van der Waals surface area contributed by atoms with Gasteiger partial charge in [-0.25, -0.2) is 4.98 Å². The first-order chi connectivity index (χ1) is 14.0. The minimum absolute atomic E-state index is 0.107. The first-order valence-corrected chi connectivity index (χ1v) is 10.2. The van der Waals surface area contributed by atoms with Gasteiger partial charge in [0.05, 0.1) is 18.7 Å². The maximum Gasteiger partial charge on any atom is 0.257 e. The van der Waals surface area contributed by atoms with E-state index in [1.165, 1.54) is 11.3 Å². The number of nitrogens with one attached hydrogen (secondary N) is 2. The molecule has 3 aromatic rings. The molecule has 8 heteroatoms. The molecule has 4 rings (SSSR count). The number of benzene rings is 2. The largest absolute Gasteiger partial charge is 0.497 e. The molecule has 6 nitrogen and oxygen atoms in total. The molecule has 0 fully saturated rings. The highest BCUT2D eigenvalue weighted by Crippen LogP contribution is 2.39. The van der Waals surface area contributed by atoms with Gasteiger partial charge in [0.15, 0.2) is 5.13 Å². The van der Waals surface area contributed by atoms with Gasteiger partial charge in [-0.15, -0.1) is 11.3 Å². The number of fused-ring (bicyclic) bond motifs is 1. The number of rotatable bonds is 5. The van der Waals surface area contributed by atoms with Crippen molar-refractivity contribution in [1.82, 2.24) is 4.98 Å². The van der Waals surface area contributed by atoms with Gasteiger partial charge in [0, 0.05) is 21.2 Å². The Morgan fingerprint density at radius 2 is 1.83 bits per heavy atom. The van der Waals surface area contributed by atoms with Gasteiger partial charge >= 0.3 is 0 Å². The van der Waals surface area contributed by atoms with E-state index in [4.69, 9.17) is 16.3 Å². The second-order valence-corrected chi connectivity index (χ2v) is 8.12. The minimum Gasteiger partial charge on any atom is -0.497 e. The monoisotopic (exact) mass is 427 g/mol. The van der Waals surface area contributed by atoms with E-state index in [1.54, 1.807) is 55.6 Å². The molecule has 1 heterocycles. The fourth-order valence-electron chi connectivity index (χ4n) is 3.21. The zero-order valence-electron chi connectivity index (χ0n) is 15.6. The third-order valence-corrected chi connectivity index (χ3v) is 6.02. The number of anilines is 2. The molecular formula is C21H18ClN3O3S. The van der Waals surface area contributed by atoms with Crippen LogP contribution in [0.3, 0.4) is 0 Å². The number of aromatic nitrogens is 1. The maximum atomic E-state index is 12.7. The molecule has 1 unspecified atom stereocenters. The van der Waals surface area contributed by atoms with E-state index in [0.717, 1.165) is 17.0 Å². The van der Waals surface area contributed by atoms with Crippen LogP contribution in [0, 0.1) is 0 Å². The van der Waals surface area contributed by atoms with Crippen LogP contribution in [0.25, 0.3) is 0 Å². The van der Waals surface area contributed by atoms with Gasteiger partial charge in [0.25, 0.3) is 5.91 Å². The van der Waals surface area contributed by atoms with E-state index in [1.807, 2.05) is 0 Å². The number of halogens is 1. The average Bonchev–Trinajstić information content (AvgIpc) is 3.29. The number of nitrogens with zero attached hydrogens (tertiary/aromatic N) is 1. The molecule has 0 saturated heterocycles. The molecule has 29 heavy (non-hydrogen) atoms. The first-order valence-electron chi connectivity index (χ1n) is 9.05. The van der Waals surface area contributed by atoms with Crippen LogP contribution in [0.5, 0.6) is 5.75 Å². The van der Waals surface area contributed by atoms with Gasteiger partial charge in [-0.05, 0) is 61.4 Å². The molecule has 148 valence electrons. The Bertz CT molecular complexity index is 1050. The molecule has 1 aliphatic carbocycles. The van der Waals surface area contributed by atoms with Crippen molar-refractivity contribution in [3.8, 4) is 5.75 Å². The molecule has 2 N–H and O–H groups in total. The van der Waals surface area contributed by atoms with Crippen molar-refractivity contribution in [1.29, 1.82) is 0 Å². The number of aryl methyl sites for hydroxylation is 1. The SMILES string of the molecule is COc1ccc(C(=O)Nc2nc3c(s2)CCC3C(=O)Nc2ccc(Cl)cc2)cc1. The lowest BCUT2D eigenvalue weighted by Crippen LogP contribution is -2.20. The summed E-state index contributed by atoms with van der Waals surface area (Å²) in [4.78, 5) is 30.7. The van der Waals surface area contributed by atoms with E-state index >= 15 is 0 Å². The van der Waals surface area contributed by atoms with Crippen LogP contribution in [-0.4, -0.2) is 23.9 Å². The number of carbonyl (C=O) groups excluding carboxylic acids is 2. The van der Waals surface area contributed by atoms with Crippen LogP contribution in [0.4, 0.5) is 10.8 Å². The summed E-state index contributed by atoms with van der Waals surface area (Å²) in [6.45, 7) is 0. The summed E-state index contributed by atoms with van der Waals surface area (Å²) in [5.41, 5.74) is 1.95. The van der Waals surface area contributed by atoms with Crippen molar-refractivity contribution in [2.75, 3.05) is 17.7 Å². The summed E-state index contributed by atoms with van der Waals surface area (Å²) in [6.07, 6.45) is 1.48. The van der Waals surface area contributed by atoms with Gasteiger partial charge < -0.3 is 10.1 Å². The number of hydrogen-bond acceptors (Lipinski definition) is 5. The first kappa shape index (κ1) is 19.4. The Hall–Kier alpha value is -2.90. The summed E-state index contributed by atoms with van der Waals surface area (Å²) < 4.78 is 5.10. The minimum atomic E-state index is -0.330. The lowest BCUT2D eigenvalue weighted by molar-refractivity contribution is -0.117. The smallest absolute Gasteiger partial charge is 0.257 e. The zero-order valence-corrected chi connectivity index (χ0v) is 17.1. The highest BCUT2D eigenvalue weighted by Gasteiger charge is 2.33. The molecular weight excluding hydrogens is 410 g/mol. The van der Waals surface area contributed by atoms with E-state index in [-0.39, 0.29) is 17.7 Å². The van der Waals surface area contributed by atoms with Crippen molar-refractivity contribution < 1.29 is 14.3 Å². The third-order valence-electron chi connectivity index (χ3n) is 4.72. The summed E-state index contributed by atoms with van der Waals surface area (Å²) in [6, 6.07) is 13.8. The number of carbonyl (C=O) groups is 2. The summed E-state index contributed by atoms with van der Waals surface area (Å²) >= 11 is 7.30. The molecule has 2 amide bonds. The molecule has 1 atom stereocenters. The van der Waals surface area contributed by atoms with Crippen molar-refractivity contribution >= 4 is 45.6 Å². The van der Waals surface area contributed by atoms with Crippen LogP contribution >= 0.6 is 22.9 Å². The molecule has 0 radical (unpaired) electrons. The van der Waals surface area contributed by atoms with Gasteiger partial charge in [0.1, 0.15) is 5.75 Å². The Kier molecular flexibility index (Phi) is 5.51. The quantitative estimate of drug-likeness (QED) is 0.617. The molecule has 0 aliphatic heterocycles. The highest BCUT2D eigenvalue weighted by atomic mass is 35.5. The Labute approximate surface area is 176 Å². The Balaban J connectivity index is 1.44. The topological polar surface area (TPSA) is 80.3 Å². The van der Waals surface area contributed by atoms with Crippen LogP contribution < -0.4 is 15.4 Å². The molecule has 1 aromatic heterocycles. The lowest BCUT2D eigenvalue weighted by Gasteiger charge is -2.11. The fraction of sp³-hybridized carbons (Fsp3) is 0.190. The summed E-state index contributed by atoms with van der Waals surface area (Å²) in [7, 11) is 1.58. The fourth-order valence-corrected chi connectivity index (χ4v) is 4.37. The Morgan fingerprint density at radius 1 is 1.10 bits per heavy atom. The normalized spacial score (nSPS) is 14.9. The van der Waals surface area contributed by atoms with Crippen LogP contribution in [0.15, 0.2) is 48.5 Å². The number of amides is 2. The standard InChI is InChI=1S/C21H18ClN3O3S/c1-28-15-8-2-12(3-9-15)19(26)25-21-24-18-16(10-11-17(18)29-21)20(27)23-14-6-4-13(22)5-7-14/h2-9,16H,10-11H2,1H3,(H,23,27)(H,24,25,26). The molecule has 2 aromatic carbocycles. The highest BCUT2D eigenvalue weighted by molar-refractivity contribution is 7.16. The number of hydrogen-bond donors (Lipinski definition) is 2. The number of thiazole rings is 1. The van der Waals surface area contributed by atoms with Gasteiger partial charge in [-0.1, -0.05) is 11.6 Å². The van der Waals surface area contributed by atoms with E-state index < -0.39 is 0 Å². The van der Waals surface area contributed by atoms with Gasteiger partial charge in [0.2, 0.25) is 5.91 Å². The lowest BCUT2D eigenvalue weighted by atomic mass is 10.1. The molecule has 0 bridgehead atoms. The van der Waals surface area contributed by atoms with Crippen molar-refractivity contribution in [2.24, 2.45) is 0 Å². The maximum absolute atomic E-state index is 12.7. The summed E-state index contributed by atoms with van der Waals surface area (Å²) in [5, 5.41) is 6.84. The van der Waals surface area contributed by atoms with Crippen LogP contribution in [-0.2, 0) is 11.2 Å². The Morgan fingerprint density at radius 3 is 2.52 bits per heavy atom. The third kappa shape index (κ3) is 4.26. The van der Waals surface area contributed by atoms with Crippen LogP contribution in [0.1, 0.15) is 33.3 Å². The van der Waals surface area contributed by atoms with Crippen LogP contribution in [0.2, 0.25) is 5.02 Å². The predicted octanol–water partition coefficient (Wildman–Crippen LogP) is 4.73. The number of ether oxygens (including phenoxy) is 1. The predicted molar refractivity (Wildman–Crippen MR) is 114 cm³/mol. The number of methoxy groups -OCH3 is 1. The van der Waals surface area contributed by atoms with Crippen molar-refractivity contribution in [3.05, 3.63) is 69.7 Å². The zero-order chi connectivity index (χ0) is 20.4. The summed E-state index contributed by atoms with van der Waals surface area (Å²) in [5.74, 6) is -0.000436. The van der Waals surface area contributed by atoms with Gasteiger partial charge in [-0.3, -0.25) is 14.9 Å².